The Morgan fingerprint density at radius 3 is 2.75 bits per heavy atom. The molecule has 0 saturated carbocycles. The number of nitrogen functional groups attached to an aromatic ring is 1. The van der Waals surface area contributed by atoms with Gasteiger partial charge in [-0.05, 0) is 32.9 Å². The number of nitrogens with zero attached hydrogens (tertiary/aromatic N) is 5. The van der Waals surface area contributed by atoms with Crippen LogP contribution in [0.3, 0.4) is 0 Å². The third kappa shape index (κ3) is 2.74. The third-order valence-electron chi connectivity index (χ3n) is 4.00. The molecule has 0 aliphatic carbocycles. The van der Waals surface area contributed by atoms with Gasteiger partial charge in [-0.1, -0.05) is 6.07 Å². The van der Waals surface area contributed by atoms with Crippen molar-refractivity contribution in [1.82, 2.24) is 19.6 Å². The van der Waals surface area contributed by atoms with E-state index in [-0.39, 0.29) is 0 Å². The lowest BCUT2D eigenvalue weighted by atomic mass is 10.2. The maximum atomic E-state index is 9.42. The van der Waals surface area contributed by atoms with E-state index in [0.717, 1.165) is 29.1 Å². The lowest BCUT2D eigenvalue weighted by Crippen LogP contribution is -2.13. The van der Waals surface area contributed by atoms with Gasteiger partial charge in [-0.25, -0.2) is 4.98 Å². The minimum atomic E-state index is 0.301. The van der Waals surface area contributed by atoms with Gasteiger partial charge in [-0.15, -0.1) is 0 Å². The molecule has 0 saturated heterocycles. The smallest absolute Gasteiger partial charge is 0.162 e. The van der Waals surface area contributed by atoms with E-state index in [1.807, 2.05) is 39.0 Å². The zero-order valence-electron chi connectivity index (χ0n) is 14.0. The fourth-order valence-electron chi connectivity index (χ4n) is 2.57. The molecule has 3 N–H and O–H groups in total. The second kappa shape index (κ2) is 6.16. The lowest BCUT2D eigenvalue weighted by Gasteiger charge is -2.10. The van der Waals surface area contributed by atoms with E-state index in [2.05, 4.69) is 26.5 Å². The Hall–Kier alpha value is -3.14. The summed E-state index contributed by atoms with van der Waals surface area (Å²) in [5.74, 6) is 0.785. The van der Waals surface area contributed by atoms with Crippen molar-refractivity contribution in [2.75, 3.05) is 17.6 Å². The van der Waals surface area contributed by atoms with E-state index in [9.17, 15) is 5.26 Å². The highest BCUT2D eigenvalue weighted by molar-refractivity contribution is 5.69. The third-order valence-corrected chi connectivity index (χ3v) is 4.00. The molecule has 0 unspecified atom stereocenters. The first-order chi connectivity index (χ1) is 11.5. The SMILES string of the molecule is Cc1cccc(CCNc2nc3c(C)c(C)nn3c(N)c2C#N)n1. The number of nitriles is 1. The Labute approximate surface area is 140 Å². The van der Waals surface area contributed by atoms with Crippen LogP contribution in [0.5, 0.6) is 0 Å². The summed E-state index contributed by atoms with van der Waals surface area (Å²) in [5.41, 5.74) is 10.9. The standard InChI is InChI=1S/C17H19N7/c1-10-5-4-6-13(21-10)7-8-20-16-14(9-18)15(19)24-17(22-16)11(2)12(3)23-24/h4-6H,7-8,19H2,1-3H3,(H,20,22). The number of fused-ring (bicyclic) bond motifs is 1. The molecule has 0 spiro atoms. The Kier molecular flexibility index (Phi) is 4.04. The van der Waals surface area contributed by atoms with Gasteiger partial charge in [0, 0.05) is 29.9 Å². The zero-order chi connectivity index (χ0) is 17.3. The van der Waals surface area contributed by atoms with Crippen LogP contribution in [-0.4, -0.2) is 26.1 Å². The van der Waals surface area contributed by atoms with Crippen molar-refractivity contribution in [3.8, 4) is 6.07 Å². The monoisotopic (exact) mass is 321 g/mol. The zero-order valence-corrected chi connectivity index (χ0v) is 14.0. The molecule has 0 radical (unpaired) electrons. The van der Waals surface area contributed by atoms with Gasteiger partial charge in [0.15, 0.2) is 5.65 Å². The van der Waals surface area contributed by atoms with Crippen molar-refractivity contribution in [1.29, 1.82) is 5.26 Å². The van der Waals surface area contributed by atoms with Gasteiger partial charge >= 0.3 is 0 Å². The quantitative estimate of drug-likeness (QED) is 0.763. The van der Waals surface area contributed by atoms with Crippen molar-refractivity contribution >= 4 is 17.3 Å². The van der Waals surface area contributed by atoms with Crippen molar-refractivity contribution in [2.45, 2.75) is 27.2 Å². The van der Waals surface area contributed by atoms with Crippen LogP contribution in [0, 0.1) is 32.1 Å². The number of anilines is 2. The summed E-state index contributed by atoms with van der Waals surface area (Å²) in [5, 5.41) is 17.0. The minimum Gasteiger partial charge on any atom is -0.382 e. The fraction of sp³-hybridized carbons (Fsp3) is 0.294. The van der Waals surface area contributed by atoms with Crippen molar-refractivity contribution in [3.63, 3.8) is 0 Å². The number of aromatic nitrogens is 4. The summed E-state index contributed by atoms with van der Waals surface area (Å²) in [6.45, 7) is 6.41. The second-order valence-corrected chi connectivity index (χ2v) is 5.73. The summed E-state index contributed by atoms with van der Waals surface area (Å²) < 4.78 is 1.52. The number of aryl methyl sites for hydroxylation is 3. The van der Waals surface area contributed by atoms with Crippen LogP contribution in [0.25, 0.3) is 5.65 Å². The molecule has 0 atom stereocenters. The first-order valence-electron chi connectivity index (χ1n) is 7.73. The minimum absolute atomic E-state index is 0.301. The normalized spacial score (nSPS) is 10.8. The Morgan fingerprint density at radius 2 is 2.04 bits per heavy atom. The summed E-state index contributed by atoms with van der Waals surface area (Å²) >= 11 is 0. The molecule has 122 valence electrons. The van der Waals surface area contributed by atoms with Gasteiger partial charge in [0.1, 0.15) is 23.3 Å². The average Bonchev–Trinajstić information content (AvgIpc) is 2.84. The van der Waals surface area contributed by atoms with E-state index in [1.54, 1.807) is 0 Å². The van der Waals surface area contributed by atoms with Crippen LogP contribution in [0.1, 0.15) is 28.2 Å². The Morgan fingerprint density at radius 1 is 1.25 bits per heavy atom. The Balaban J connectivity index is 1.88. The predicted molar refractivity (Wildman–Crippen MR) is 92.8 cm³/mol. The fourth-order valence-corrected chi connectivity index (χ4v) is 2.57. The van der Waals surface area contributed by atoms with Crippen LogP contribution in [0.2, 0.25) is 0 Å². The molecular weight excluding hydrogens is 302 g/mol. The molecular formula is C17H19N7. The summed E-state index contributed by atoms with van der Waals surface area (Å²) in [6.07, 6.45) is 0.733. The van der Waals surface area contributed by atoms with Crippen LogP contribution in [-0.2, 0) is 6.42 Å². The predicted octanol–water partition coefficient (Wildman–Crippen LogP) is 2.16. The van der Waals surface area contributed by atoms with Crippen LogP contribution in [0.15, 0.2) is 18.2 Å². The first-order valence-corrected chi connectivity index (χ1v) is 7.73. The van der Waals surface area contributed by atoms with E-state index in [4.69, 9.17) is 5.73 Å². The molecule has 0 aliphatic heterocycles. The largest absolute Gasteiger partial charge is 0.382 e. The van der Waals surface area contributed by atoms with Gasteiger partial charge in [-0.3, -0.25) is 4.98 Å². The molecule has 24 heavy (non-hydrogen) atoms. The van der Waals surface area contributed by atoms with Crippen molar-refractivity contribution < 1.29 is 0 Å². The molecule has 0 bridgehead atoms. The van der Waals surface area contributed by atoms with Crippen LogP contribution >= 0.6 is 0 Å². The van der Waals surface area contributed by atoms with E-state index in [0.29, 0.717) is 29.4 Å². The molecule has 0 fully saturated rings. The maximum Gasteiger partial charge on any atom is 0.162 e. The molecule has 0 aromatic carbocycles. The molecule has 0 amide bonds. The number of pyridine rings is 1. The number of hydrogen-bond donors (Lipinski definition) is 2. The molecule has 3 heterocycles. The molecule has 7 heteroatoms. The number of nitrogens with two attached hydrogens (primary N) is 1. The average molecular weight is 321 g/mol. The number of nitrogens with one attached hydrogen (secondary N) is 1. The second-order valence-electron chi connectivity index (χ2n) is 5.73. The first kappa shape index (κ1) is 15.7. The van der Waals surface area contributed by atoms with Gasteiger partial charge in [-0.2, -0.15) is 14.9 Å². The van der Waals surface area contributed by atoms with E-state index in [1.165, 1.54) is 4.52 Å². The Bertz CT molecular complexity index is 950. The molecule has 7 nitrogen and oxygen atoms in total. The summed E-state index contributed by atoms with van der Waals surface area (Å²) in [4.78, 5) is 9.01. The summed E-state index contributed by atoms with van der Waals surface area (Å²) in [7, 11) is 0. The van der Waals surface area contributed by atoms with Gasteiger partial charge in [0.2, 0.25) is 0 Å². The topological polar surface area (TPSA) is 105 Å². The van der Waals surface area contributed by atoms with E-state index < -0.39 is 0 Å². The maximum absolute atomic E-state index is 9.42. The highest BCUT2D eigenvalue weighted by atomic mass is 15.3. The van der Waals surface area contributed by atoms with Crippen LogP contribution < -0.4 is 11.1 Å². The molecule has 3 aromatic heterocycles. The van der Waals surface area contributed by atoms with Crippen molar-refractivity contribution in [2.24, 2.45) is 0 Å². The van der Waals surface area contributed by atoms with E-state index >= 15 is 0 Å². The lowest BCUT2D eigenvalue weighted by molar-refractivity contribution is 0.912. The highest BCUT2D eigenvalue weighted by Gasteiger charge is 2.16. The van der Waals surface area contributed by atoms with Crippen LogP contribution in [0.4, 0.5) is 11.6 Å². The van der Waals surface area contributed by atoms with Gasteiger partial charge in [0.05, 0.1) is 5.69 Å². The highest BCUT2D eigenvalue weighted by Crippen LogP contribution is 2.24. The van der Waals surface area contributed by atoms with Crippen molar-refractivity contribution in [3.05, 3.63) is 46.4 Å². The number of hydrogen-bond acceptors (Lipinski definition) is 6. The molecule has 3 rings (SSSR count). The van der Waals surface area contributed by atoms with Gasteiger partial charge in [0.25, 0.3) is 0 Å². The summed E-state index contributed by atoms with van der Waals surface area (Å²) in [6, 6.07) is 8.05. The molecule has 0 aliphatic rings. The molecule has 3 aromatic rings. The number of rotatable bonds is 4. The van der Waals surface area contributed by atoms with Gasteiger partial charge < -0.3 is 11.1 Å².